The van der Waals surface area contributed by atoms with Gasteiger partial charge in [0.15, 0.2) is 0 Å². The molecule has 1 aliphatic carbocycles. The summed E-state index contributed by atoms with van der Waals surface area (Å²) in [6, 6.07) is 6.66. The number of benzene rings is 1. The summed E-state index contributed by atoms with van der Waals surface area (Å²) < 4.78 is 0. The van der Waals surface area contributed by atoms with Gasteiger partial charge in [-0.2, -0.15) is 0 Å². The molecule has 1 heterocycles. The topological polar surface area (TPSA) is 27.8 Å². The predicted molar refractivity (Wildman–Crippen MR) is 81.6 cm³/mol. The highest BCUT2D eigenvalue weighted by atomic mass is 35.5. The minimum Gasteiger partial charge on any atom is -0.361 e. The van der Waals surface area contributed by atoms with E-state index in [0.717, 1.165) is 23.0 Å². The molecule has 1 aromatic heterocycles. The summed E-state index contributed by atoms with van der Waals surface area (Å²) in [5.41, 5.74) is 2.45. The van der Waals surface area contributed by atoms with Gasteiger partial charge in [0.2, 0.25) is 0 Å². The maximum Gasteiger partial charge on any atom is 0.0472 e. The first kappa shape index (κ1) is 13.0. The zero-order chi connectivity index (χ0) is 13.2. The molecule has 3 heteroatoms. The Kier molecular flexibility index (Phi) is 3.81. The van der Waals surface area contributed by atoms with E-state index in [2.05, 4.69) is 29.5 Å². The molecule has 2 nitrogen and oxygen atoms in total. The van der Waals surface area contributed by atoms with Crippen molar-refractivity contribution in [1.82, 2.24) is 10.3 Å². The third kappa shape index (κ3) is 2.80. The van der Waals surface area contributed by atoms with Gasteiger partial charge in [0, 0.05) is 34.7 Å². The lowest BCUT2D eigenvalue weighted by molar-refractivity contribution is 0.381. The average molecular weight is 277 g/mol. The Morgan fingerprint density at radius 1 is 1.37 bits per heavy atom. The van der Waals surface area contributed by atoms with Crippen molar-refractivity contribution in [2.45, 2.75) is 45.2 Å². The molecule has 1 atom stereocenters. The molecule has 1 saturated carbocycles. The van der Waals surface area contributed by atoms with Crippen LogP contribution in [0.2, 0.25) is 5.02 Å². The Labute approximate surface area is 119 Å². The first-order valence-electron chi connectivity index (χ1n) is 7.23. The van der Waals surface area contributed by atoms with Gasteiger partial charge in [-0.1, -0.05) is 30.5 Å². The van der Waals surface area contributed by atoms with Crippen molar-refractivity contribution in [3.05, 3.63) is 35.0 Å². The fourth-order valence-electron chi connectivity index (χ4n) is 3.20. The summed E-state index contributed by atoms with van der Waals surface area (Å²) in [6.07, 6.45) is 7.68. The van der Waals surface area contributed by atoms with E-state index < -0.39 is 0 Å². The number of H-pyrrole nitrogens is 1. The van der Waals surface area contributed by atoms with Crippen molar-refractivity contribution in [1.29, 1.82) is 0 Å². The van der Waals surface area contributed by atoms with E-state index in [1.54, 1.807) is 0 Å². The van der Waals surface area contributed by atoms with Gasteiger partial charge in [0.1, 0.15) is 0 Å². The van der Waals surface area contributed by atoms with E-state index in [9.17, 15) is 0 Å². The highest BCUT2D eigenvalue weighted by molar-refractivity contribution is 6.31. The number of aromatic nitrogens is 1. The van der Waals surface area contributed by atoms with Crippen molar-refractivity contribution in [2.75, 3.05) is 0 Å². The fourth-order valence-corrected chi connectivity index (χ4v) is 3.37. The largest absolute Gasteiger partial charge is 0.361 e. The van der Waals surface area contributed by atoms with Gasteiger partial charge in [-0.3, -0.25) is 0 Å². The van der Waals surface area contributed by atoms with Crippen LogP contribution in [0, 0.1) is 5.92 Å². The summed E-state index contributed by atoms with van der Waals surface area (Å²) in [7, 11) is 0. The van der Waals surface area contributed by atoms with Crippen molar-refractivity contribution < 1.29 is 0 Å². The maximum absolute atomic E-state index is 6.01. The number of hydrogen-bond acceptors (Lipinski definition) is 1. The highest BCUT2D eigenvalue weighted by Crippen LogP contribution is 2.28. The SMILES string of the molecule is C[C@@H](NCc1c[nH]c2cc(Cl)ccc12)C1CCCC1. The number of aromatic amines is 1. The number of hydrogen-bond donors (Lipinski definition) is 2. The second kappa shape index (κ2) is 5.56. The Hall–Kier alpha value is -0.990. The van der Waals surface area contributed by atoms with E-state index in [4.69, 9.17) is 11.6 Å². The zero-order valence-electron chi connectivity index (χ0n) is 11.4. The molecule has 3 rings (SSSR count). The fraction of sp³-hybridized carbons (Fsp3) is 0.500. The van der Waals surface area contributed by atoms with Crippen molar-refractivity contribution in [2.24, 2.45) is 5.92 Å². The van der Waals surface area contributed by atoms with Crippen molar-refractivity contribution in [3.63, 3.8) is 0 Å². The lowest BCUT2D eigenvalue weighted by Gasteiger charge is -2.20. The Bertz CT molecular complexity index is 555. The molecular formula is C16H21ClN2. The molecule has 0 aliphatic heterocycles. The summed E-state index contributed by atoms with van der Waals surface area (Å²) in [5.74, 6) is 0.861. The van der Waals surface area contributed by atoms with Crippen LogP contribution in [0.5, 0.6) is 0 Å². The van der Waals surface area contributed by atoms with Gasteiger partial charge < -0.3 is 10.3 Å². The molecule has 0 spiro atoms. The standard InChI is InChI=1S/C16H21ClN2/c1-11(12-4-2-3-5-12)18-9-13-10-19-16-8-14(17)6-7-15(13)16/h6-8,10-12,18-19H,2-5,9H2,1H3/t11-/m1/s1. The molecule has 2 aromatic rings. The minimum atomic E-state index is 0.611. The monoisotopic (exact) mass is 276 g/mol. The van der Waals surface area contributed by atoms with Gasteiger partial charge in [-0.15, -0.1) is 0 Å². The van der Waals surface area contributed by atoms with E-state index >= 15 is 0 Å². The Morgan fingerprint density at radius 3 is 2.95 bits per heavy atom. The third-order valence-corrected chi connectivity index (χ3v) is 4.69. The summed E-state index contributed by atoms with van der Waals surface area (Å²) in [4.78, 5) is 3.30. The number of nitrogens with one attached hydrogen (secondary N) is 2. The van der Waals surface area contributed by atoms with Crippen molar-refractivity contribution >= 4 is 22.5 Å². The van der Waals surface area contributed by atoms with Crippen LogP contribution < -0.4 is 5.32 Å². The van der Waals surface area contributed by atoms with E-state index in [1.807, 2.05) is 12.1 Å². The van der Waals surface area contributed by atoms with E-state index in [1.165, 1.54) is 36.6 Å². The van der Waals surface area contributed by atoms with Gasteiger partial charge in [0.05, 0.1) is 0 Å². The molecule has 102 valence electrons. The van der Waals surface area contributed by atoms with Crippen molar-refractivity contribution in [3.8, 4) is 0 Å². The summed E-state index contributed by atoms with van der Waals surface area (Å²) >= 11 is 6.01. The van der Waals surface area contributed by atoms with Crippen LogP contribution in [0.25, 0.3) is 10.9 Å². The molecule has 0 saturated heterocycles. The molecule has 0 amide bonds. The van der Waals surface area contributed by atoms with Gasteiger partial charge in [0.25, 0.3) is 0 Å². The smallest absolute Gasteiger partial charge is 0.0472 e. The maximum atomic E-state index is 6.01. The number of halogens is 1. The highest BCUT2D eigenvalue weighted by Gasteiger charge is 2.21. The minimum absolute atomic E-state index is 0.611. The quantitative estimate of drug-likeness (QED) is 0.846. The van der Waals surface area contributed by atoms with Crippen LogP contribution in [0.15, 0.2) is 24.4 Å². The molecule has 0 radical (unpaired) electrons. The van der Waals surface area contributed by atoms with E-state index in [-0.39, 0.29) is 0 Å². The first-order valence-corrected chi connectivity index (χ1v) is 7.61. The molecule has 1 fully saturated rings. The summed E-state index contributed by atoms with van der Waals surface area (Å²) in [6.45, 7) is 3.25. The van der Waals surface area contributed by atoms with Crippen LogP contribution in [0.4, 0.5) is 0 Å². The zero-order valence-corrected chi connectivity index (χ0v) is 12.1. The number of rotatable bonds is 4. The molecular weight excluding hydrogens is 256 g/mol. The second-order valence-electron chi connectivity index (χ2n) is 5.72. The molecule has 1 aliphatic rings. The Balaban J connectivity index is 1.68. The van der Waals surface area contributed by atoms with Crippen LogP contribution in [-0.4, -0.2) is 11.0 Å². The molecule has 1 aromatic carbocycles. The van der Waals surface area contributed by atoms with Crippen LogP contribution >= 0.6 is 11.6 Å². The normalized spacial score (nSPS) is 18.2. The molecule has 2 N–H and O–H groups in total. The molecule has 19 heavy (non-hydrogen) atoms. The second-order valence-corrected chi connectivity index (χ2v) is 6.15. The first-order chi connectivity index (χ1) is 9.24. The third-order valence-electron chi connectivity index (χ3n) is 4.45. The molecule has 0 unspecified atom stereocenters. The lowest BCUT2D eigenvalue weighted by atomic mass is 9.99. The number of fused-ring (bicyclic) bond motifs is 1. The molecule has 0 bridgehead atoms. The predicted octanol–water partition coefficient (Wildman–Crippen LogP) is 4.49. The lowest BCUT2D eigenvalue weighted by Crippen LogP contribution is -2.31. The Morgan fingerprint density at radius 2 is 2.16 bits per heavy atom. The van der Waals surface area contributed by atoms with Crippen LogP contribution in [-0.2, 0) is 6.54 Å². The average Bonchev–Trinajstić information content (AvgIpc) is 3.05. The van der Waals surface area contributed by atoms with Crippen LogP contribution in [0.1, 0.15) is 38.2 Å². The van der Waals surface area contributed by atoms with Crippen LogP contribution in [0.3, 0.4) is 0 Å². The van der Waals surface area contributed by atoms with Gasteiger partial charge >= 0.3 is 0 Å². The summed E-state index contributed by atoms with van der Waals surface area (Å²) in [5, 5.41) is 5.74. The van der Waals surface area contributed by atoms with E-state index in [0.29, 0.717) is 6.04 Å². The van der Waals surface area contributed by atoms with Gasteiger partial charge in [-0.05, 0) is 43.4 Å². The van der Waals surface area contributed by atoms with Gasteiger partial charge in [-0.25, -0.2) is 0 Å².